The SMILES string of the molecule is CC(C)(C)c1nc2c3c(ncn2n1)Oc1c(c(=O)oc2ccccc12)C3c1ccccc1F. The summed E-state index contributed by atoms with van der Waals surface area (Å²) in [6.45, 7) is 6.01. The molecule has 8 heteroatoms. The van der Waals surface area contributed by atoms with Crippen molar-refractivity contribution >= 4 is 16.6 Å². The molecular weight excluding hydrogens is 423 g/mol. The molecule has 0 saturated carbocycles. The zero-order chi connectivity index (χ0) is 22.9. The highest BCUT2D eigenvalue weighted by molar-refractivity contribution is 5.86. The second kappa shape index (κ2) is 6.71. The number of halogens is 1. The van der Waals surface area contributed by atoms with Gasteiger partial charge in [0.25, 0.3) is 0 Å². The van der Waals surface area contributed by atoms with Crippen molar-refractivity contribution in [2.24, 2.45) is 0 Å². The van der Waals surface area contributed by atoms with Gasteiger partial charge in [-0.05, 0) is 18.2 Å². The molecule has 0 N–H and O–H groups in total. The lowest BCUT2D eigenvalue weighted by molar-refractivity contribution is 0.420. The molecule has 0 radical (unpaired) electrons. The van der Waals surface area contributed by atoms with Gasteiger partial charge in [-0.3, -0.25) is 0 Å². The van der Waals surface area contributed by atoms with Crippen molar-refractivity contribution in [3.63, 3.8) is 0 Å². The lowest BCUT2D eigenvalue weighted by atomic mass is 9.84. The fraction of sp³-hybridized carbons (Fsp3) is 0.200. The number of rotatable bonds is 1. The maximum Gasteiger partial charge on any atom is 0.344 e. The van der Waals surface area contributed by atoms with E-state index in [1.807, 2.05) is 26.8 Å². The normalized spacial score (nSPS) is 15.3. The Morgan fingerprint density at radius 1 is 1.03 bits per heavy atom. The van der Waals surface area contributed by atoms with Gasteiger partial charge in [-0.1, -0.05) is 51.1 Å². The van der Waals surface area contributed by atoms with E-state index in [4.69, 9.17) is 14.1 Å². The van der Waals surface area contributed by atoms with Crippen LogP contribution in [0.2, 0.25) is 0 Å². The lowest BCUT2D eigenvalue weighted by Crippen LogP contribution is -2.23. The fourth-order valence-corrected chi connectivity index (χ4v) is 4.27. The van der Waals surface area contributed by atoms with E-state index in [9.17, 15) is 4.79 Å². The van der Waals surface area contributed by atoms with Gasteiger partial charge in [0, 0.05) is 11.0 Å². The predicted octanol–water partition coefficient (Wildman–Crippen LogP) is 4.95. The van der Waals surface area contributed by atoms with Crippen LogP contribution in [0.4, 0.5) is 4.39 Å². The summed E-state index contributed by atoms with van der Waals surface area (Å²) < 4.78 is 28.5. The highest BCUT2D eigenvalue weighted by atomic mass is 19.1. The first-order valence-corrected chi connectivity index (χ1v) is 10.6. The Labute approximate surface area is 187 Å². The summed E-state index contributed by atoms with van der Waals surface area (Å²) in [6, 6.07) is 13.4. The van der Waals surface area contributed by atoms with Crippen LogP contribution in [0, 0.1) is 5.82 Å². The average Bonchev–Trinajstić information content (AvgIpc) is 3.24. The monoisotopic (exact) mass is 442 g/mol. The first-order chi connectivity index (χ1) is 15.8. The quantitative estimate of drug-likeness (QED) is 0.335. The van der Waals surface area contributed by atoms with Gasteiger partial charge in [0.2, 0.25) is 5.88 Å². The number of aromatic nitrogens is 4. The van der Waals surface area contributed by atoms with Crippen molar-refractivity contribution < 1.29 is 13.5 Å². The van der Waals surface area contributed by atoms with Crippen LogP contribution >= 0.6 is 0 Å². The summed E-state index contributed by atoms with van der Waals surface area (Å²) >= 11 is 0. The molecule has 4 heterocycles. The van der Waals surface area contributed by atoms with Crippen molar-refractivity contribution in [3.8, 4) is 11.6 Å². The van der Waals surface area contributed by atoms with Crippen LogP contribution in [0.15, 0.2) is 64.1 Å². The van der Waals surface area contributed by atoms with E-state index in [0.717, 1.165) is 0 Å². The van der Waals surface area contributed by atoms with E-state index in [1.165, 1.54) is 12.4 Å². The molecule has 0 bridgehead atoms. The van der Waals surface area contributed by atoms with Crippen LogP contribution in [-0.4, -0.2) is 19.6 Å². The second-order valence-corrected chi connectivity index (χ2v) is 9.10. The number of ether oxygens (including phenoxy) is 1. The third-order valence-corrected chi connectivity index (χ3v) is 5.85. The molecule has 1 aliphatic rings. The van der Waals surface area contributed by atoms with E-state index in [2.05, 4.69) is 10.1 Å². The average molecular weight is 442 g/mol. The minimum Gasteiger partial charge on any atom is -0.437 e. The van der Waals surface area contributed by atoms with Crippen LogP contribution in [0.3, 0.4) is 0 Å². The van der Waals surface area contributed by atoms with Crippen molar-refractivity contribution in [3.05, 3.63) is 93.6 Å². The van der Waals surface area contributed by atoms with Gasteiger partial charge in [0.1, 0.15) is 17.7 Å². The van der Waals surface area contributed by atoms with Crippen LogP contribution in [-0.2, 0) is 5.41 Å². The fourth-order valence-electron chi connectivity index (χ4n) is 4.27. The molecule has 0 aliphatic carbocycles. The minimum atomic E-state index is -0.834. The van der Waals surface area contributed by atoms with Gasteiger partial charge in [0.05, 0.1) is 22.4 Å². The van der Waals surface area contributed by atoms with Gasteiger partial charge in [-0.2, -0.15) is 0 Å². The molecular formula is C25H19FN4O3. The highest BCUT2D eigenvalue weighted by Crippen LogP contribution is 2.49. The Balaban J connectivity index is 1.75. The van der Waals surface area contributed by atoms with Crippen molar-refractivity contribution in [2.45, 2.75) is 32.1 Å². The maximum absolute atomic E-state index is 15.2. The van der Waals surface area contributed by atoms with Gasteiger partial charge < -0.3 is 9.15 Å². The Kier molecular flexibility index (Phi) is 3.99. The Bertz CT molecular complexity index is 1630. The summed E-state index contributed by atoms with van der Waals surface area (Å²) in [5.74, 6) is -0.117. The molecule has 164 valence electrons. The van der Waals surface area contributed by atoms with Crippen LogP contribution in [0.5, 0.6) is 11.6 Å². The lowest BCUT2D eigenvalue weighted by Gasteiger charge is -2.27. The first-order valence-electron chi connectivity index (χ1n) is 10.6. The maximum atomic E-state index is 15.2. The molecule has 5 aromatic rings. The molecule has 33 heavy (non-hydrogen) atoms. The molecule has 1 unspecified atom stereocenters. The van der Waals surface area contributed by atoms with Crippen LogP contribution < -0.4 is 10.4 Å². The van der Waals surface area contributed by atoms with Crippen molar-refractivity contribution in [1.82, 2.24) is 19.6 Å². The second-order valence-electron chi connectivity index (χ2n) is 9.10. The van der Waals surface area contributed by atoms with Gasteiger partial charge >= 0.3 is 5.63 Å². The van der Waals surface area contributed by atoms with Crippen molar-refractivity contribution in [1.29, 1.82) is 0 Å². The van der Waals surface area contributed by atoms with E-state index >= 15 is 4.39 Å². The zero-order valence-corrected chi connectivity index (χ0v) is 18.2. The molecule has 6 rings (SSSR count). The Morgan fingerprint density at radius 3 is 2.58 bits per heavy atom. The Hall–Kier alpha value is -4.07. The molecule has 0 saturated heterocycles. The molecule has 3 aromatic heterocycles. The zero-order valence-electron chi connectivity index (χ0n) is 18.2. The third-order valence-electron chi connectivity index (χ3n) is 5.85. The summed E-state index contributed by atoms with van der Waals surface area (Å²) in [5, 5.41) is 5.17. The van der Waals surface area contributed by atoms with Gasteiger partial charge in [-0.15, -0.1) is 5.10 Å². The molecule has 1 aliphatic heterocycles. The van der Waals surface area contributed by atoms with Crippen LogP contribution in [0.1, 0.15) is 49.2 Å². The summed E-state index contributed by atoms with van der Waals surface area (Å²) in [5.41, 5.74) is 0.907. The summed E-state index contributed by atoms with van der Waals surface area (Å²) in [7, 11) is 0. The number of para-hydroxylation sites is 1. The molecule has 7 nitrogen and oxygen atoms in total. The molecule has 1 atom stereocenters. The van der Waals surface area contributed by atoms with Gasteiger partial charge in [0.15, 0.2) is 17.2 Å². The third kappa shape index (κ3) is 2.87. The smallest absolute Gasteiger partial charge is 0.344 e. The van der Waals surface area contributed by atoms with E-state index in [0.29, 0.717) is 39.3 Å². The van der Waals surface area contributed by atoms with Crippen LogP contribution in [0.25, 0.3) is 16.6 Å². The molecule has 0 amide bonds. The molecule has 0 fully saturated rings. The highest BCUT2D eigenvalue weighted by Gasteiger charge is 2.39. The summed E-state index contributed by atoms with van der Waals surface area (Å²) in [6.07, 6.45) is 1.52. The predicted molar refractivity (Wildman–Crippen MR) is 119 cm³/mol. The largest absolute Gasteiger partial charge is 0.437 e. The first kappa shape index (κ1) is 19.6. The van der Waals surface area contributed by atoms with Gasteiger partial charge in [-0.25, -0.2) is 23.7 Å². The number of fused-ring (bicyclic) bond motifs is 6. The summed E-state index contributed by atoms with van der Waals surface area (Å²) in [4.78, 5) is 22.5. The molecule has 0 spiro atoms. The topological polar surface area (TPSA) is 82.5 Å². The Morgan fingerprint density at radius 2 is 1.79 bits per heavy atom. The standard InChI is InChI=1S/C25H19FN4O3/c1-25(2,3)24-28-21-19-17(13-8-4-6-10-15(13)26)18-20(33-22(19)27-12-30(21)29-24)14-9-5-7-11-16(14)32-23(18)31/h4-12,17H,1-3H3. The number of hydrogen-bond donors (Lipinski definition) is 0. The van der Waals surface area contributed by atoms with Crippen molar-refractivity contribution in [2.75, 3.05) is 0 Å². The van der Waals surface area contributed by atoms with E-state index < -0.39 is 17.4 Å². The van der Waals surface area contributed by atoms with E-state index in [1.54, 1.807) is 40.9 Å². The number of benzene rings is 2. The number of hydrogen-bond acceptors (Lipinski definition) is 6. The van der Waals surface area contributed by atoms with E-state index in [-0.39, 0.29) is 16.9 Å². The minimum absolute atomic E-state index is 0.210. The number of nitrogens with zero attached hydrogens (tertiary/aromatic N) is 4. The molecule has 2 aromatic carbocycles.